The van der Waals surface area contributed by atoms with Crippen molar-refractivity contribution in [1.82, 2.24) is 0 Å². The Bertz CT molecular complexity index is 406. The van der Waals surface area contributed by atoms with E-state index < -0.39 is 0 Å². The first kappa shape index (κ1) is 12.2. The van der Waals surface area contributed by atoms with Crippen molar-refractivity contribution in [1.29, 1.82) is 0 Å². The molecule has 2 atom stereocenters. The third kappa shape index (κ3) is 2.10. The third-order valence-electron chi connectivity index (χ3n) is 3.41. The number of hydrogen-bond acceptors (Lipinski definition) is 4. The molecule has 1 aromatic carbocycles. The highest BCUT2D eigenvalue weighted by molar-refractivity contribution is 5.49. The fourth-order valence-electron chi connectivity index (χ4n) is 2.41. The van der Waals surface area contributed by atoms with Gasteiger partial charge in [-0.15, -0.1) is 0 Å². The van der Waals surface area contributed by atoms with E-state index in [1.165, 1.54) is 5.56 Å². The van der Waals surface area contributed by atoms with E-state index in [2.05, 4.69) is 0 Å². The minimum absolute atomic E-state index is 0.0839. The number of hydrogen-bond donors (Lipinski definition) is 1. The lowest BCUT2D eigenvalue weighted by atomic mass is 9.85. The van der Waals surface area contributed by atoms with Gasteiger partial charge in [0.1, 0.15) is 0 Å². The van der Waals surface area contributed by atoms with E-state index in [1.54, 1.807) is 21.3 Å². The molecule has 17 heavy (non-hydrogen) atoms. The summed E-state index contributed by atoms with van der Waals surface area (Å²) in [6.45, 7) is 0. The summed E-state index contributed by atoms with van der Waals surface area (Å²) in [5.41, 5.74) is 8.52. The molecule has 0 radical (unpaired) electrons. The fourth-order valence-corrected chi connectivity index (χ4v) is 2.41. The van der Waals surface area contributed by atoms with Gasteiger partial charge in [0.2, 0.25) is 0 Å². The van der Waals surface area contributed by atoms with Crippen LogP contribution in [-0.2, 0) is 11.2 Å². The first-order chi connectivity index (χ1) is 8.21. The molecule has 2 N–H and O–H groups in total. The average molecular weight is 237 g/mol. The van der Waals surface area contributed by atoms with Crippen LogP contribution >= 0.6 is 0 Å². The Kier molecular flexibility index (Phi) is 3.54. The van der Waals surface area contributed by atoms with Crippen molar-refractivity contribution in [3.05, 3.63) is 23.3 Å². The number of nitrogens with two attached hydrogens (primary N) is 1. The Morgan fingerprint density at radius 1 is 1.12 bits per heavy atom. The van der Waals surface area contributed by atoms with Gasteiger partial charge >= 0.3 is 0 Å². The van der Waals surface area contributed by atoms with E-state index in [4.69, 9.17) is 19.9 Å². The Hall–Kier alpha value is -1.26. The lowest BCUT2D eigenvalue weighted by Gasteiger charge is -2.30. The molecule has 4 nitrogen and oxygen atoms in total. The minimum Gasteiger partial charge on any atom is -0.493 e. The smallest absolute Gasteiger partial charge is 0.161 e. The van der Waals surface area contributed by atoms with Gasteiger partial charge in [0.05, 0.1) is 26.4 Å². The maximum atomic E-state index is 6.19. The summed E-state index contributed by atoms with van der Waals surface area (Å²) >= 11 is 0. The van der Waals surface area contributed by atoms with E-state index in [9.17, 15) is 0 Å². The monoisotopic (exact) mass is 237 g/mol. The molecular weight excluding hydrogens is 218 g/mol. The first-order valence-corrected chi connectivity index (χ1v) is 5.74. The molecule has 1 aliphatic carbocycles. The topological polar surface area (TPSA) is 53.7 Å². The van der Waals surface area contributed by atoms with Crippen molar-refractivity contribution in [2.45, 2.75) is 25.0 Å². The molecule has 1 aromatic rings. The highest BCUT2D eigenvalue weighted by Crippen LogP contribution is 2.37. The van der Waals surface area contributed by atoms with E-state index in [-0.39, 0.29) is 12.1 Å². The van der Waals surface area contributed by atoms with Crippen LogP contribution in [0.5, 0.6) is 11.5 Å². The van der Waals surface area contributed by atoms with Crippen LogP contribution in [0.2, 0.25) is 0 Å². The van der Waals surface area contributed by atoms with Crippen LogP contribution in [0.25, 0.3) is 0 Å². The predicted octanol–water partition coefficient (Wildman–Crippen LogP) is 1.66. The minimum atomic E-state index is -0.0939. The SMILES string of the molecule is COc1cc2c(cc1OC)C(N)C(OC)CC2. The van der Waals surface area contributed by atoms with Crippen LogP contribution in [0.1, 0.15) is 23.6 Å². The number of methoxy groups -OCH3 is 3. The largest absolute Gasteiger partial charge is 0.493 e. The zero-order valence-corrected chi connectivity index (χ0v) is 10.5. The van der Waals surface area contributed by atoms with Gasteiger partial charge in [-0.25, -0.2) is 0 Å². The van der Waals surface area contributed by atoms with Crippen LogP contribution in [-0.4, -0.2) is 27.4 Å². The Labute approximate surface area is 102 Å². The van der Waals surface area contributed by atoms with Crippen molar-refractivity contribution in [3.63, 3.8) is 0 Å². The molecule has 0 fully saturated rings. The maximum absolute atomic E-state index is 6.19. The second-order valence-corrected chi connectivity index (χ2v) is 4.24. The molecule has 0 amide bonds. The molecular formula is C13H19NO3. The van der Waals surface area contributed by atoms with Crippen molar-refractivity contribution in [2.75, 3.05) is 21.3 Å². The number of aryl methyl sites for hydroxylation is 1. The van der Waals surface area contributed by atoms with Crippen molar-refractivity contribution in [2.24, 2.45) is 5.73 Å². The van der Waals surface area contributed by atoms with Gasteiger partial charge in [-0.3, -0.25) is 0 Å². The molecule has 0 bridgehead atoms. The van der Waals surface area contributed by atoms with Crippen molar-refractivity contribution < 1.29 is 14.2 Å². The van der Waals surface area contributed by atoms with Crippen LogP contribution in [0.4, 0.5) is 0 Å². The van der Waals surface area contributed by atoms with E-state index in [0.29, 0.717) is 0 Å². The van der Waals surface area contributed by atoms with Gasteiger partial charge < -0.3 is 19.9 Å². The second kappa shape index (κ2) is 4.94. The summed E-state index contributed by atoms with van der Waals surface area (Å²) < 4.78 is 16.0. The van der Waals surface area contributed by atoms with Gasteiger partial charge in [0, 0.05) is 7.11 Å². The van der Waals surface area contributed by atoms with Crippen molar-refractivity contribution >= 4 is 0 Å². The summed E-state index contributed by atoms with van der Waals surface area (Å²) in [5.74, 6) is 1.48. The van der Waals surface area contributed by atoms with Crippen LogP contribution in [0.15, 0.2) is 12.1 Å². The molecule has 0 spiro atoms. The number of benzene rings is 1. The molecule has 0 saturated carbocycles. The molecule has 1 aliphatic rings. The predicted molar refractivity (Wildman–Crippen MR) is 65.6 cm³/mol. The Morgan fingerprint density at radius 2 is 1.76 bits per heavy atom. The van der Waals surface area contributed by atoms with Crippen molar-refractivity contribution in [3.8, 4) is 11.5 Å². The zero-order valence-electron chi connectivity index (χ0n) is 10.5. The van der Waals surface area contributed by atoms with E-state index in [0.717, 1.165) is 29.9 Å². The molecule has 0 saturated heterocycles. The lowest BCUT2D eigenvalue weighted by molar-refractivity contribution is 0.0677. The number of rotatable bonds is 3. The molecule has 94 valence electrons. The Morgan fingerprint density at radius 3 is 2.35 bits per heavy atom. The molecule has 0 aliphatic heterocycles. The standard InChI is InChI=1S/C13H19NO3/c1-15-10-5-4-8-6-11(16-2)12(17-3)7-9(8)13(10)14/h6-7,10,13H,4-5,14H2,1-3H3. The van der Waals surface area contributed by atoms with Gasteiger partial charge in [-0.1, -0.05) is 0 Å². The van der Waals surface area contributed by atoms with Gasteiger partial charge in [0.15, 0.2) is 11.5 Å². The normalized spacial score (nSPS) is 23.1. The molecule has 2 unspecified atom stereocenters. The maximum Gasteiger partial charge on any atom is 0.161 e. The lowest BCUT2D eigenvalue weighted by Crippen LogP contribution is -2.33. The summed E-state index contributed by atoms with van der Waals surface area (Å²) in [5, 5.41) is 0. The van der Waals surface area contributed by atoms with E-state index in [1.807, 2.05) is 12.1 Å². The quantitative estimate of drug-likeness (QED) is 0.868. The van der Waals surface area contributed by atoms with Crippen LogP contribution < -0.4 is 15.2 Å². The van der Waals surface area contributed by atoms with Crippen LogP contribution in [0, 0.1) is 0 Å². The molecule has 4 heteroatoms. The Balaban J connectivity index is 2.43. The first-order valence-electron chi connectivity index (χ1n) is 5.74. The summed E-state index contributed by atoms with van der Waals surface area (Å²) in [4.78, 5) is 0. The zero-order chi connectivity index (χ0) is 12.4. The number of fused-ring (bicyclic) bond motifs is 1. The number of ether oxygens (including phenoxy) is 3. The van der Waals surface area contributed by atoms with Gasteiger partial charge in [-0.2, -0.15) is 0 Å². The molecule has 0 heterocycles. The highest BCUT2D eigenvalue weighted by atomic mass is 16.5. The second-order valence-electron chi connectivity index (χ2n) is 4.24. The van der Waals surface area contributed by atoms with Crippen LogP contribution in [0.3, 0.4) is 0 Å². The summed E-state index contributed by atoms with van der Waals surface area (Å²) in [6, 6.07) is 3.88. The average Bonchev–Trinajstić information content (AvgIpc) is 2.38. The fraction of sp³-hybridized carbons (Fsp3) is 0.538. The molecule has 0 aromatic heterocycles. The van der Waals surface area contributed by atoms with Gasteiger partial charge in [0.25, 0.3) is 0 Å². The summed E-state index contributed by atoms with van der Waals surface area (Å²) in [6.07, 6.45) is 1.99. The van der Waals surface area contributed by atoms with Gasteiger partial charge in [-0.05, 0) is 36.1 Å². The summed E-state index contributed by atoms with van der Waals surface area (Å²) in [7, 11) is 4.98. The molecule has 2 rings (SSSR count). The van der Waals surface area contributed by atoms with E-state index >= 15 is 0 Å². The third-order valence-corrected chi connectivity index (χ3v) is 3.41. The highest BCUT2D eigenvalue weighted by Gasteiger charge is 2.28.